The Hall–Kier alpha value is -3.08. The zero-order valence-electron chi connectivity index (χ0n) is 15.0. The predicted molar refractivity (Wildman–Crippen MR) is 102 cm³/mol. The molecule has 0 fully saturated rings. The van der Waals surface area contributed by atoms with Gasteiger partial charge in [-0.25, -0.2) is 0 Å². The molecule has 3 rings (SSSR count). The first-order valence-electron chi connectivity index (χ1n) is 8.59. The molecule has 1 heterocycles. The molecule has 1 aromatic heterocycles. The van der Waals surface area contributed by atoms with Crippen LogP contribution in [0.15, 0.2) is 54.6 Å². The van der Waals surface area contributed by atoms with Crippen LogP contribution in [-0.4, -0.2) is 31.2 Å². The zero-order chi connectivity index (χ0) is 18.4. The lowest BCUT2D eigenvalue weighted by atomic mass is 10.1. The highest BCUT2D eigenvalue weighted by Crippen LogP contribution is 2.21. The molecule has 2 aromatic carbocycles. The Bertz CT molecular complexity index is 894. The maximum Gasteiger partial charge on any atom is 0.253 e. The van der Waals surface area contributed by atoms with E-state index in [1.165, 1.54) is 0 Å². The minimum Gasteiger partial charge on any atom is -0.497 e. The van der Waals surface area contributed by atoms with Gasteiger partial charge in [0.2, 0.25) is 0 Å². The third-order valence-electron chi connectivity index (χ3n) is 4.08. The molecule has 134 valence electrons. The van der Waals surface area contributed by atoms with Crippen molar-refractivity contribution in [1.82, 2.24) is 10.3 Å². The number of hydrogen-bond acceptors (Lipinski definition) is 4. The molecule has 0 bridgehead atoms. The number of amides is 1. The van der Waals surface area contributed by atoms with Crippen LogP contribution in [0.25, 0.3) is 10.9 Å². The van der Waals surface area contributed by atoms with Gasteiger partial charge < -0.3 is 14.8 Å². The molecule has 0 aliphatic rings. The zero-order valence-corrected chi connectivity index (χ0v) is 15.0. The molecule has 5 nitrogen and oxygen atoms in total. The minimum absolute atomic E-state index is 0.118. The van der Waals surface area contributed by atoms with Gasteiger partial charge >= 0.3 is 0 Å². The van der Waals surface area contributed by atoms with Crippen LogP contribution in [-0.2, 0) is 0 Å². The van der Waals surface area contributed by atoms with Gasteiger partial charge in [0.05, 0.1) is 30.5 Å². The molecule has 3 aromatic rings. The number of pyridine rings is 1. The number of fused-ring (bicyclic) bond motifs is 1. The molecule has 0 aliphatic carbocycles. The molecular formula is C21H22N2O3. The second-order valence-electron chi connectivity index (χ2n) is 5.95. The summed E-state index contributed by atoms with van der Waals surface area (Å²) in [5.74, 6) is 1.47. The maximum atomic E-state index is 12.4. The Balaban J connectivity index is 1.56. The Kier molecular flexibility index (Phi) is 5.69. The highest BCUT2D eigenvalue weighted by Gasteiger charge is 2.11. The summed E-state index contributed by atoms with van der Waals surface area (Å²) in [6.45, 7) is 2.94. The van der Waals surface area contributed by atoms with E-state index in [1.54, 1.807) is 7.11 Å². The fourth-order valence-electron chi connectivity index (χ4n) is 2.68. The molecule has 0 atom stereocenters. The van der Waals surface area contributed by atoms with Gasteiger partial charge in [0, 0.05) is 18.0 Å². The molecule has 0 saturated heterocycles. The summed E-state index contributed by atoms with van der Waals surface area (Å²) in [4.78, 5) is 17.0. The smallest absolute Gasteiger partial charge is 0.253 e. The fourth-order valence-corrected chi connectivity index (χ4v) is 2.68. The van der Waals surface area contributed by atoms with Gasteiger partial charge in [0.25, 0.3) is 5.91 Å². The molecule has 0 unspecified atom stereocenters. The van der Waals surface area contributed by atoms with Crippen LogP contribution in [0.1, 0.15) is 22.5 Å². The number of methoxy groups -OCH3 is 1. The van der Waals surface area contributed by atoms with Crippen molar-refractivity contribution in [1.29, 1.82) is 0 Å². The van der Waals surface area contributed by atoms with E-state index in [1.807, 2.05) is 61.5 Å². The van der Waals surface area contributed by atoms with Crippen LogP contribution in [0, 0.1) is 6.92 Å². The van der Waals surface area contributed by atoms with Crippen LogP contribution in [0.3, 0.4) is 0 Å². The number of nitrogens with one attached hydrogen (secondary N) is 1. The Morgan fingerprint density at radius 2 is 1.88 bits per heavy atom. The first-order valence-corrected chi connectivity index (χ1v) is 8.59. The largest absolute Gasteiger partial charge is 0.497 e. The van der Waals surface area contributed by atoms with Crippen molar-refractivity contribution in [2.75, 3.05) is 20.3 Å². The van der Waals surface area contributed by atoms with E-state index in [2.05, 4.69) is 10.3 Å². The van der Waals surface area contributed by atoms with Crippen molar-refractivity contribution >= 4 is 16.8 Å². The number of rotatable bonds is 7. The summed E-state index contributed by atoms with van der Waals surface area (Å²) >= 11 is 0. The Labute approximate surface area is 153 Å². The number of hydrogen-bond donors (Lipinski definition) is 1. The number of carbonyl (C=O) groups is 1. The molecule has 26 heavy (non-hydrogen) atoms. The van der Waals surface area contributed by atoms with Gasteiger partial charge in [-0.3, -0.25) is 9.78 Å². The van der Waals surface area contributed by atoms with Crippen LogP contribution in [0.5, 0.6) is 11.5 Å². The van der Waals surface area contributed by atoms with E-state index in [9.17, 15) is 4.79 Å². The van der Waals surface area contributed by atoms with E-state index in [4.69, 9.17) is 9.47 Å². The molecule has 1 amide bonds. The molecule has 5 heteroatoms. The maximum absolute atomic E-state index is 12.4. The lowest BCUT2D eigenvalue weighted by molar-refractivity contribution is 0.0950. The van der Waals surface area contributed by atoms with Gasteiger partial charge in [0.15, 0.2) is 0 Å². The average molecular weight is 350 g/mol. The second kappa shape index (κ2) is 8.34. The highest BCUT2D eigenvalue weighted by atomic mass is 16.5. The predicted octanol–water partition coefficient (Wildman–Crippen LogP) is 3.75. The van der Waals surface area contributed by atoms with Gasteiger partial charge in [-0.15, -0.1) is 0 Å². The van der Waals surface area contributed by atoms with Crippen LogP contribution in [0.2, 0.25) is 0 Å². The lowest BCUT2D eigenvalue weighted by Gasteiger charge is -2.10. The number of nitrogens with zero attached hydrogens (tertiary/aromatic N) is 1. The third-order valence-corrected chi connectivity index (χ3v) is 4.08. The molecule has 1 N–H and O–H groups in total. The van der Waals surface area contributed by atoms with E-state index in [-0.39, 0.29) is 5.91 Å². The summed E-state index contributed by atoms with van der Waals surface area (Å²) in [5.41, 5.74) is 2.10. The first kappa shape index (κ1) is 17.7. The summed E-state index contributed by atoms with van der Waals surface area (Å²) in [6, 6.07) is 17.1. The van der Waals surface area contributed by atoms with Gasteiger partial charge in [-0.05, 0) is 43.7 Å². The number of benzene rings is 2. The molecule has 0 radical (unpaired) electrons. The molecular weight excluding hydrogens is 328 g/mol. The van der Waals surface area contributed by atoms with Crippen molar-refractivity contribution < 1.29 is 14.3 Å². The SMILES string of the molecule is COc1ccc2cc(C(=O)NCCCOc3ccccc3)c(C)nc2c1. The van der Waals surface area contributed by atoms with E-state index < -0.39 is 0 Å². The quantitative estimate of drug-likeness (QED) is 0.659. The van der Waals surface area contributed by atoms with E-state index in [0.717, 1.165) is 28.8 Å². The van der Waals surface area contributed by atoms with Crippen molar-refractivity contribution in [2.45, 2.75) is 13.3 Å². The van der Waals surface area contributed by atoms with Crippen molar-refractivity contribution in [3.63, 3.8) is 0 Å². The summed E-state index contributed by atoms with van der Waals surface area (Å²) in [5, 5.41) is 3.84. The minimum atomic E-state index is -0.118. The van der Waals surface area contributed by atoms with Crippen LogP contribution in [0.4, 0.5) is 0 Å². The Morgan fingerprint density at radius 3 is 2.65 bits per heavy atom. The van der Waals surface area contributed by atoms with Crippen molar-refractivity contribution in [3.05, 3.63) is 65.9 Å². The fraction of sp³-hybridized carbons (Fsp3) is 0.238. The van der Waals surface area contributed by atoms with Crippen molar-refractivity contribution in [2.24, 2.45) is 0 Å². The standard InChI is InChI=1S/C21H22N2O3/c1-15-19(13-16-9-10-18(25-2)14-20(16)23-15)21(24)22-11-6-12-26-17-7-4-3-5-8-17/h3-5,7-10,13-14H,6,11-12H2,1-2H3,(H,22,24). The number of aryl methyl sites for hydroxylation is 1. The number of para-hydroxylation sites is 1. The van der Waals surface area contributed by atoms with Gasteiger partial charge in [0.1, 0.15) is 11.5 Å². The number of ether oxygens (including phenoxy) is 2. The molecule has 0 spiro atoms. The van der Waals surface area contributed by atoms with Crippen LogP contribution < -0.4 is 14.8 Å². The molecule has 0 saturated carbocycles. The normalized spacial score (nSPS) is 10.5. The topological polar surface area (TPSA) is 60.5 Å². The third kappa shape index (κ3) is 4.30. The van der Waals surface area contributed by atoms with Gasteiger partial charge in [-0.1, -0.05) is 18.2 Å². The summed E-state index contributed by atoms with van der Waals surface area (Å²) in [6.07, 6.45) is 0.734. The van der Waals surface area contributed by atoms with E-state index >= 15 is 0 Å². The van der Waals surface area contributed by atoms with Crippen LogP contribution >= 0.6 is 0 Å². The summed E-state index contributed by atoms with van der Waals surface area (Å²) < 4.78 is 10.8. The first-order chi connectivity index (χ1) is 12.7. The van der Waals surface area contributed by atoms with E-state index in [0.29, 0.717) is 24.4 Å². The number of aromatic nitrogens is 1. The monoisotopic (exact) mass is 350 g/mol. The highest BCUT2D eigenvalue weighted by molar-refractivity contribution is 5.98. The van der Waals surface area contributed by atoms with Crippen molar-refractivity contribution in [3.8, 4) is 11.5 Å². The lowest BCUT2D eigenvalue weighted by Crippen LogP contribution is -2.26. The summed E-state index contributed by atoms with van der Waals surface area (Å²) in [7, 11) is 1.62. The Morgan fingerprint density at radius 1 is 1.08 bits per heavy atom. The average Bonchev–Trinajstić information content (AvgIpc) is 2.67. The molecule has 0 aliphatic heterocycles. The second-order valence-corrected chi connectivity index (χ2v) is 5.95. The van der Waals surface area contributed by atoms with Gasteiger partial charge in [-0.2, -0.15) is 0 Å². The number of carbonyl (C=O) groups excluding carboxylic acids is 1.